The van der Waals surface area contributed by atoms with Gasteiger partial charge in [-0.3, -0.25) is 14.6 Å². The molecule has 0 bridgehead atoms. The molecular formula is C23H28N7O+. The van der Waals surface area contributed by atoms with Crippen molar-refractivity contribution in [3.05, 3.63) is 64.2 Å². The molecule has 0 amide bonds. The third-order valence-corrected chi connectivity index (χ3v) is 6.48. The molecule has 3 aromatic rings. The molecule has 160 valence electrons. The summed E-state index contributed by atoms with van der Waals surface area (Å²) in [6.07, 6.45) is 7.99. The fraction of sp³-hybridized carbons (Fsp3) is 0.391. The summed E-state index contributed by atoms with van der Waals surface area (Å²) in [7, 11) is 1.97. The minimum absolute atomic E-state index is 0.139. The number of pyridine rings is 1. The van der Waals surface area contributed by atoms with E-state index in [0.29, 0.717) is 17.1 Å². The number of anilines is 1. The standard InChI is InChI=1S/C23H27N7O/c1-15(22-25-12-16(2)28(22)3)10-18(24)19-11-21(31)30-13-17(4-5-20(30)27-19)29-9-8-26-23(14-29)6-7-23/h4-5,10-13,24,26H,6-9,14H2,1-3H3/p+1/b15-10-,24-18?. The Kier molecular flexibility index (Phi) is 4.55. The van der Waals surface area contributed by atoms with Crippen molar-refractivity contribution in [2.45, 2.75) is 32.2 Å². The number of hydrogen-bond donors (Lipinski definition) is 2. The van der Waals surface area contributed by atoms with Crippen LogP contribution in [-0.2, 0) is 7.05 Å². The van der Waals surface area contributed by atoms with Crippen LogP contribution in [0.25, 0.3) is 11.2 Å². The number of fused-ring (bicyclic) bond motifs is 1. The minimum Gasteiger partial charge on any atom is -0.367 e. The fourth-order valence-corrected chi connectivity index (χ4v) is 4.32. The van der Waals surface area contributed by atoms with Gasteiger partial charge in [-0.1, -0.05) is 0 Å². The van der Waals surface area contributed by atoms with E-state index in [1.54, 1.807) is 4.40 Å². The van der Waals surface area contributed by atoms with Gasteiger partial charge in [0.1, 0.15) is 17.2 Å². The topological polar surface area (TPSA) is 93.0 Å². The summed E-state index contributed by atoms with van der Waals surface area (Å²) in [5.74, 6) is 0.840. The zero-order chi connectivity index (χ0) is 21.8. The van der Waals surface area contributed by atoms with Crippen LogP contribution in [0.3, 0.4) is 0 Å². The average molecular weight is 419 g/mol. The van der Waals surface area contributed by atoms with E-state index in [-0.39, 0.29) is 11.1 Å². The van der Waals surface area contributed by atoms with Crippen molar-refractivity contribution in [3.63, 3.8) is 0 Å². The molecule has 5 rings (SSSR count). The fourth-order valence-electron chi connectivity index (χ4n) is 4.32. The summed E-state index contributed by atoms with van der Waals surface area (Å²) in [5, 5.41) is 9.93. The maximum absolute atomic E-state index is 12.9. The van der Waals surface area contributed by atoms with Crippen LogP contribution in [0.5, 0.6) is 0 Å². The van der Waals surface area contributed by atoms with E-state index in [2.05, 4.69) is 20.2 Å². The molecule has 3 aromatic heterocycles. The smallest absolute Gasteiger partial charge is 0.258 e. The first-order chi connectivity index (χ1) is 14.8. The van der Waals surface area contributed by atoms with E-state index in [4.69, 9.17) is 5.41 Å². The molecule has 1 aliphatic heterocycles. The van der Waals surface area contributed by atoms with E-state index in [1.165, 1.54) is 18.9 Å². The molecule has 0 radical (unpaired) electrons. The molecule has 2 fully saturated rings. The highest BCUT2D eigenvalue weighted by molar-refractivity contribution is 6.06. The Balaban J connectivity index is 1.44. The second kappa shape index (κ2) is 7.16. The van der Waals surface area contributed by atoms with Gasteiger partial charge in [0.15, 0.2) is 0 Å². The van der Waals surface area contributed by atoms with Gasteiger partial charge in [-0.05, 0) is 44.4 Å². The number of piperazine rings is 1. The van der Waals surface area contributed by atoms with Crippen molar-refractivity contribution in [2.24, 2.45) is 7.05 Å². The number of aryl methyl sites for hydroxylation is 1. The van der Waals surface area contributed by atoms with Gasteiger partial charge >= 0.3 is 0 Å². The minimum atomic E-state index is -0.139. The summed E-state index contributed by atoms with van der Waals surface area (Å²) in [4.78, 5) is 24.3. The number of nitrogens with zero attached hydrogens (tertiary/aromatic N) is 5. The first-order valence-corrected chi connectivity index (χ1v) is 10.7. The van der Waals surface area contributed by atoms with Gasteiger partial charge in [0.05, 0.1) is 5.69 Å². The van der Waals surface area contributed by atoms with Gasteiger partial charge in [0.25, 0.3) is 5.56 Å². The van der Waals surface area contributed by atoms with Crippen molar-refractivity contribution in [3.8, 4) is 0 Å². The lowest BCUT2D eigenvalue weighted by atomic mass is 10.1. The third-order valence-electron chi connectivity index (χ3n) is 6.48. The van der Waals surface area contributed by atoms with Crippen LogP contribution >= 0.6 is 0 Å². The lowest BCUT2D eigenvalue weighted by Gasteiger charge is -2.35. The zero-order valence-electron chi connectivity index (χ0n) is 18.2. The highest BCUT2D eigenvalue weighted by Crippen LogP contribution is 2.38. The maximum Gasteiger partial charge on any atom is 0.258 e. The summed E-state index contributed by atoms with van der Waals surface area (Å²) in [6, 6.07) is 5.44. The second-order valence-corrected chi connectivity index (χ2v) is 8.79. The van der Waals surface area contributed by atoms with Crippen molar-refractivity contribution >= 4 is 22.6 Å². The van der Waals surface area contributed by atoms with Crippen LogP contribution in [0.2, 0.25) is 0 Å². The number of hydrogen-bond acceptors (Lipinski definition) is 5. The molecule has 1 saturated heterocycles. The number of rotatable bonds is 4. The average Bonchev–Trinajstić information content (AvgIpc) is 3.41. The molecule has 8 heteroatoms. The van der Waals surface area contributed by atoms with E-state index in [1.807, 2.05) is 56.1 Å². The summed E-state index contributed by atoms with van der Waals surface area (Å²) >= 11 is 0. The van der Waals surface area contributed by atoms with Crippen LogP contribution in [0.15, 0.2) is 41.5 Å². The predicted octanol–water partition coefficient (Wildman–Crippen LogP) is 0.330. The Morgan fingerprint density at radius 3 is 2.84 bits per heavy atom. The van der Waals surface area contributed by atoms with Crippen molar-refractivity contribution in [1.82, 2.24) is 24.3 Å². The van der Waals surface area contributed by atoms with Gasteiger partial charge in [-0.25, -0.2) is 9.97 Å². The van der Waals surface area contributed by atoms with Gasteiger partial charge in [0, 0.05) is 62.5 Å². The Hall–Kier alpha value is -3.26. The molecule has 0 atom stereocenters. The molecule has 3 N–H and O–H groups in total. The molecule has 31 heavy (non-hydrogen) atoms. The number of allylic oxidation sites excluding steroid dienone is 2. The van der Waals surface area contributed by atoms with E-state index in [9.17, 15) is 4.79 Å². The lowest BCUT2D eigenvalue weighted by molar-refractivity contribution is -0.111. The highest BCUT2D eigenvalue weighted by atomic mass is 16.1. The molecule has 1 aliphatic carbocycles. The first-order valence-electron chi connectivity index (χ1n) is 10.7. The summed E-state index contributed by atoms with van der Waals surface area (Å²) in [5.41, 5.74) is 4.68. The highest BCUT2D eigenvalue weighted by Gasteiger charge is 2.45. The normalized spacial score (nSPS) is 18.0. The molecule has 8 nitrogen and oxygen atoms in total. The van der Waals surface area contributed by atoms with Gasteiger partial charge < -0.3 is 14.8 Å². The maximum atomic E-state index is 12.9. The Labute approximate surface area is 180 Å². The van der Waals surface area contributed by atoms with Gasteiger partial charge in [-0.2, -0.15) is 0 Å². The second-order valence-electron chi connectivity index (χ2n) is 8.79. The number of nitrogens with two attached hydrogens (primary N) is 1. The van der Waals surface area contributed by atoms with E-state index >= 15 is 0 Å². The number of aromatic nitrogens is 4. The monoisotopic (exact) mass is 418 g/mol. The summed E-state index contributed by atoms with van der Waals surface area (Å²) in [6.45, 7) is 6.84. The molecular weight excluding hydrogens is 390 g/mol. The van der Waals surface area contributed by atoms with Crippen molar-refractivity contribution in [1.29, 1.82) is 0 Å². The van der Waals surface area contributed by atoms with Gasteiger partial charge in [-0.15, -0.1) is 0 Å². The molecule has 1 saturated carbocycles. The van der Waals surface area contributed by atoms with Crippen LogP contribution in [-0.4, -0.2) is 49.8 Å². The Morgan fingerprint density at radius 2 is 2.13 bits per heavy atom. The predicted molar refractivity (Wildman–Crippen MR) is 121 cm³/mol. The zero-order valence-corrected chi connectivity index (χ0v) is 18.2. The van der Waals surface area contributed by atoms with Crippen molar-refractivity contribution < 1.29 is 5.41 Å². The van der Waals surface area contributed by atoms with E-state index in [0.717, 1.165) is 42.4 Å². The molecule has 0 unspecified atom stereocenters. The quantitative estimate of drug-likeness (QED) is 0.596. The molecule has 2 aliphatic rings. The largest absolute Gasteiger partial charge is 0.367 e. The lowest BCUT2D eigenvalue weighted by Crippen LogP contribution is -2.52. The van der Waals surface area contributed by atoms with Crippen LogP contribution < -0.4 is 21.2 Å². The Bertz CT molecular complexity index is 1280. The molecule has 4 heterocycles. The summed E-state index contributed by atoms with van der Waals surface area (Å²) < 4.78 is 3.61. The molecule has 1 spiro atoms. The van der Waals surface area contributed by atoms with Crippen molar-refractivity contribution in [2.75, 3.05) is 24.5 Å². The van der Waals surface area contributed by atoms with Gasteiger partial charge in [0.2, 0.25) is 5.71 Å². The first kappa shape index (κ1) is 19.7. The van der Waals surface area contributed by atoms with Crippen LogP contribution in [0.1, 0.15) is 37.0 Å². The SMILES string of the molecule is C/C(=C/C(=[NH2+])c1cc(=O)n2cc(N3CCNC4(CC4)C3)ccc2n1)c1ncc(C)n1C. The number of imidazole rings is 1. The number of nitrogens with one attached hydrogen (secondary N) is 1. The van der Waals surface area contributed by atoms with E-state index < -0.39 is 0 Å². The third kappa shape index (κ3) is 3.57. The van der Waals surface area contributed by atoms with Crippen LogP contribution in [0, 0.1) is 6.92 Å². The van der Waals surface area contributed by atoms with Crippen LogP contribution in [0.4, 0.5) is 5.69 Å². The Morgan fingerprint density at radius 1 is 1.32 bits per heavy atom. The molecule has 0 aromatic carbocycles.